The highest BCUT2D eigenvalue weighted by molar-refractivity contribution is 6.28. The molecule has 0 aliphatic heterocycles. The molecule has 2 aromatic heterocycles. The smallest absolute Gasteiger partial charge is 0.138 e. The minimum Gasteiger partial charge on any atom is -0.456 e. The van der Waals surface area contributed by atoms with Crippen LogP contribution in [0.5, 0.6) is 0 Å². The summed E-state index contributed by atoms with van der Waals surface area (Å²) in [5.74, 6) is 0. The van der Waals surface area contributed by atoms with Gasteiger partial charge in [0, 0.05) is 50.2 Å². The highest BCUT2D eigenvalue weighted by Gasteiger charge is 2.26. The first-order chi connectivity index (χ1) is 31.3. The van der Waals surface area contributed by atoms with E-state index in [4.69, 9.17) is 4.42 Å². The van der Waals surface area contributed by atoms with Crippen molar-refractivity contribution in [3.8, 4) is 27.9 Å². The molecule has 0 saturated carbocycles. The molecule has 0 amide bonds. The highest BCUT2D eigenvalue weighted by atomic mass is 16.3. The summed E-state index contributed by atoms with van der Waals surface area (Å²) in [4.78, 5) is 2.42. The van der Waals surface area contributed by atoms with Gasteiger partial charge in [0.05, 0.1) is 16.7 Å². The van der Waals surface area contributed by atoms with Gasteiger partial charge in [0.2, 0.25) is 0 Å². The fourth-order valence-corrected chi connectivity index (χ4v) is 10.2. The molecule has 13 rings (SSSR count). The molecule has 0 fully saturated rings. The van der Waals surface area contributed by atoms with E-state index in [1.54, 1.807) is 0 Å². The van der Waals surface area contributed by atoms with E-state index in [9.17, 15) is 0 Å². The monoisotopic (exact) mass is 802 g/mol. The number of para-hydroxylation sites is 3. The van der Waals surface area contributed by atoms with Crippen molar-refractivity contribution in [2.45, 2.75) is 0 Å². The third-order valence-corrected chi connectivity index (χ3v) is 12.9. The summed E-state index contributed by atoms with van der Waals surface area (Å²) in [5, 5.41) is 12.0. The van der Waals surface area contributed by atoms with Crippen molar-refractivity contribution in [1.82, 2.24) is 4.57 Å². The topological polar surface area (TPSA) is 21.3 Å². The van der Waals surface area contributed by atoms with Crippen LogP contribution in [-0.2, 0) is 0 Å². The Balaban J connectivity index is 1.12. The van der Waals surface area contributed by atoms with Gasteiger partial charge < -0.3 is 13.9 Å². The van der Waals surface area contributed by atoms with Crippen LogP contribution in [0.1, 0.15) is 0 Å². The van der Waals surface area contributed by atoms with E-state index in [1.165, 1.54) is 59.8 Å². The lowest BCUT2D eigenvalue weighted by molar-refractivity contribution is 0.669. The Hall–Kier alpha value is -8.40. The zero-order valence-electron chi connectivity index (χ0n) is 34.2. The average Bonchev–Trinajstić information content (AvgIpc) is 3.89. The molecular formula is C60H38N2O. The SMILES string of the molecule is c1ccc(-c2c3c(cc4c2c2cccc(N(c5ccccc5)c5ccc(-c6cc7ccccc7c7ccccc67)cc5)c2n4-c2ccc4ccccc4c2)oc2ccccc23)cc1. The molecule has 11 aromatic carbocycles. The number of rotatable bonds is 6. The van der Waals surface area contributed by atoms with Crippen molar-refractivity contribution < 1.29 is 4.42 Å². The molecule has 0 aliphatic rings. The van der Waals surface area contributed by atoms with E-state index in [-0.39, 0.29) is 0 Å². The maximum Gasteiger partial charge on any atom is 0.138 e. The average molecular weight is 803 g/mol. The molecule has 0 atom stereocenters. The van der Waals surface area contributed by atoms with E-state index in [0.717, 1.165) is 61.3 Å². The van der Waals surface area contributed by atoms with E-state index >= 15 is 0 Å². The molecule has 294 valence electrons. The van der Waals surface area contributed by atoms with Gasteiger partial charge in [-0.3, -0.25) is 0 Å². The van der Waals surface area contributed by atoms with Crippen LogP contribution in [0.25, 0.3) is 104 Å². The molecule has 13 aromatic rings. The third-order valence-electron chi connectivity index (χ3n) is 12.9. The van der Waals surface area contributed by atoms with Crippen molar-refractivity contribution in [3.05, 3.63) is 231 Å². The number of hydrogen-bond acceptors (Lipinski definition) is 2. The van der Waals surface area contributed by atoms with Gasteiger partial charge in [0.25, 0.3) is 0 Å². The molecule has 2 heterocycles. The molecule has 0 N–H and O–H groups in total. The van der Waals surface area contributed by atoms with Gasteiger partial charge in [-0.15, -0.1) is 0 Å². The van der Waals surface area contributed by atoms with Gasteiger partial charge in [-0.25, -0.2) is 0 Å². The van der Waals surface area contributed by atoms with Gasteiger partial charge in [0.1, 0.15) is 11.2 Å². The Labute approximate surface area is 363 Å². The van der Waals surface area contributed by atoms with Crippen molar-refractivity contribution in [1.29, 1.82) is 0 Å². The van der Waals surface area contributed by atoms with Crippen molar-refractivity contribution in [3.63, 3.8) is 0 Å². The second kappa shape index (κ2) is 14.1. The van der Waals surface area contributed by atoms with E-state index < -0.39 is 0 Å². The van der Waals surface area contributed by atoms with Gasteiger partial charge in [0.15, 0.2) is 0 Å². The summed E-state index contributed by atoms with van der Waals surface area (Å²) in [7, 11) is 0. The van der Waals surface area contributed by atoms with E-state index in [0.29, 0.717) is 0 Å². The Morgan fingerprint density at radius 2 is 1.00 bits per heavy atom. The van der Waals surface area contributed by atoms with Crippen LogP contribution in [-0.4, -0.2) is 4.57 Å². The zero-order valence-corrected chi connectivity index (χ0v) is 34.2. The first kappa shape index (κ1) is 35.4. The van der Waals surface area contributed by atoms with E-state index in [2.05, 4.69) is 240 Å². The van der Waals surface area contributed by atoms with Crippen LogP contribution >= 0.6 is 0 Å². The van der Waals surface area contributed by atoms with Crippen LogP contribution < -0.4 is 4.90 Å². The summed E-state index contributed by atoms with van der Waals surface area (Å²) < 4.78 is 9.24. The lowest BCUT2D eigenvalue weighted by Gasteiger charge is -2.27. The molecular weight excluding hydrogens is 765 g/mol. The summed E-state index contributed by atoms with van der Waals surface area (Å²) >= 11 is 0. The van der Waals surface area contributed by atoms with Crippen LogP contribution in [0.15, 0.2) is 235 Å². The van der Waals surface area contributed by atoms with Gasteiger partial charge in [-0.1, -0.05) is 170 Å². The number of fused-ring (bicyclic) bond motifs is 10. The second-order valence-electron chi connectivity index (χ2n) is 16.4. The molecule has 0 saturated heterocycles. The maximum atomic E-state index is 6.77. The van der Waals surface area contributed by atoms with Crippen LogP contribution in [0, 0.1) is 0 Å². The zero-order chi connectivity index (χ0) is 41.4. The number of nitrogens with zero attached hydrogens (tertiary/aromatic N) is 2. The quantitative estimate of drug-likeness (QED) is 0.156. The summed E-state index contributed by atoms with van der Waals surface area (Å²) in [6.07, 6.45) is 0. The largest absolute Gasteiger partial charge is 0.456 e. The van der Waals surface area contributed by atoms with Gasteiger partial charge in [-0.2, -0.15) is 0 Å². The molecule has 3 nitrogen and oxygen atoms in total. The Kier molecular flexibility index (Phi) is 7.91. The first-order valence-electron chi connectivity index (χ1n) is 21.6. The second-order valence-corrected chi connectivity index (χ2v) is 16.4. The minimum absolute atomic E-state index is 0.866. The highest BCUT2D eigenvalue weighted by Crippen LogP contribution is 2.50. The Morgan fingerprint density at radius 3 is 1.81 bits per heavy atom. The summed E-state index contributed by atoms with van der Waals surface area (Å²) in [6.45, 7) is 0. The third kappa shape index (κ3) is 5.53. The fourth-order valence-electron chi connectivity index (χ4n) is 10.2. The molecule has 3 heteroatoms. The van der Waals surface area contributed by atoms with Gasteiger partial charge in [-0.05, 0) is 104 Å². The molecule has 0 spiro atoms. The molecule has 0 radical (unpaired) electrons. The molecule has 0 unspecified atom stereocenters. The Bertz CT molecular complexity index is 3900. The number of benzene rings is 11. The first-order valence-corrected chi connectivity index (χ1v) is 21.6. The number of hydrogen-bond donors (Lipinski definition) is 0. The van der Waals surface area contributed by atoms with Crippen LogP contribution in [0.4, 0.5) is 17.1 Å². The van der Waals surface area contributed by atoms with Crippen molar-refractivity contribution >= 4 is 93.1 Å². The van der Waals surface area contributed by atoms with Crippen LogP contribution in [0.2, 0.25) is 0 Å². The maximum absolute atomic E-state index is 6.77. The predicted octanol–water partition coefficient (Wildman–Crippen LogP) is 16.9. The number of aromatic nitrogens is 1. The molecule has 63 heavy (non-hydrogen) atoms. The number of furan rings is 1. The van der Waals surface area contributed by atoms with E-state index in [1.807, 2.05) is 0 Å². The minimum atomic E-state index is 0.866. The summed E-state index contributed by atoms with van der Waals surface area (Å²) in [5.41, 5.74) is 13.0. The van der Waals surface area contributed by atoms with Crippen molar-refractivity contribution in [2.75, 3.05) is 4.90 Å². The summed E-state index contributed by atoms with van der Waals surface area (Å²) in [6, 6.07) is 83.5. The lowest BCUT2D eigenvalue weighted by atomic mass is 9.93. The lowest BCUT2D eigenvalue weighted by Crippen LogP contribution is -2.11. The predicted molar refractivity (Wildman–Crippen MR) is 266 cm³/mol. The Morgan fingerprint density at radius 1 is 0.365 bits per heavy atom. The fraction of sp³-hybridized carbons (Fsp3) is 0. The molecule has 0 bridgehead atoms. The van der Waals surface area contributed by atoms with Crippen molar-refractivity contribution in [2.24, 2.45) is 0 Å². The normalized spacial score (nSPS) is 11.8. The van der Waals surface area contributed by atoms with Gasteiger partial charge >= 0.3 is 0 Å². The molecule has 0 aliphatic carbocycles. The standard InChI is InChI=1S/C60H38N2O/c1-3-17-41(18-4-1)57-58-51-27-15-28-53(60(51)62(46-35-30-39-16-7-8-19-42(39)36-46)54(58)38-56-59(57)50-26-13-14-29-55(50)63-56)61(44-21-5-2-6-22-44)45-33-31-40(32-34-45)52-37-43-20-9-10-23-47(43)48-24-11-12-25-49(48)52/h1-38H. The number of anilines is 3. The van der Waals surface area contributed by atoms with Crippen LogP contribution in [0.3, 0.4) is 0 Å².